The van der Waals surface area contributed by atoms with E-state index in [1.165, 1.54) is 7.11 Å². The standard InChI is InChI=1S/C13H16O3/c1-10(14)12(8-9-13(15)16-2)11-6-4-3-5-7-11/h3-7,12H,8-9H2,1-2H3. The van der Waals surface area contributed by atoms with E-state index >= 15 is 0 Å². The van der Waals surface area contributed by atoms with Gasteiger partial charge in [0.1, 0.15) is 5.78 Å². The molecule has 0 aromatic heterocycles. The Kier molecular flexibility index (Phi) is 4.70. The lowest BCUT2D eigenvalue weighted by Crippen LogP contribution is -2.11. The molecule has 0 radical (unpaired) electrons. The van der Waals surface area contributed by atoms with Crippen molar-refractivity contribution in [2.75, 3.05) is 7.11 Å². The fraction of sp³-hybridized carbons (Fsp3) is 0.385. The van der Waals surface area contributed by atoms with Gasteiger partial charge >= 0.3 is 5.97 Å². The first-order chi connectivity index (χ1) is 7.65. The molecule has 1 rings (SSSR count). The number of hydrogen-bond donors (Lipinski definition) is 0. The smallest absolute Gasteiger partial charge is 0.305 e. The lowest BCUT2D eigenvalue weighted by atomic mass is 9.91. The van der Waals surface area contributed by atoms with E-state index < -0.39 is 0 Å². The van der Waals surface area contributed by atoms with Gasteiger partial charge in [0.25, 0.3) is 0 Å². The third-order valence-corrected chi connectivity index (χ3v) is 2.56. The molecule has 3 heteroatoms. The van der Waals surface area contributed by atoms with E-state index in [4.69, 9.17) is 0 Å². The van der Waals surface area contributed by atoms with E-state index in [1.54, 1.807) is 6.92 Å². The summed E-state index contributed by atoms with van der Waals surface area (Å²) in [4.78, 5) is 22.5. The first-order valence-corrected chi connectivity index (χ1v) is 5.27. The third kappa shape index (κ3) is 3.50. The second kappa shape index (κ2) is 6.05. The highest BCUT2D eigenvalue weighted by molar-refractivity contribution is 5.84. The Morgan fingerprint density at radius 1 is 1.25 bits per heavy atom. The van der Waals surface area contributed by atoms with E-state index in [-0.39, 0.29) is 24.1 Å². The molecular weight excluding hydrogens is 204 g/mol. The van der Waals surface area contributed by atoms with Crippen molar-refractivity contribution in [2.24, 2.45) is 0 Å². The molecule has 3 nitrogen and oxygen atoms in total. The lowest BCUT2D eigenvalue weighted by molar-refractivity contribution is -0.140. The van der Waals surface area contributed by atoms with Crippen molar-refractivity contribution in [3.63, 3.8) is 0 Å². The van der Waals surface area contributed by atoms with Gasteiger partial charge in [0.2, 0.25) is 0 Å². The van der Waals surface area contributed by atoms with Crippen LogP contribution in [-0.2, 0) is 14.3 Å². The fourth-order valence-electron chi connectivity index (χ4n) is 1.65. The number of hydrogen-bond acceptors (Lipinski definition) is 3. The van der Waals surface area contributed by atoms with Crippen LogP contribution in [0.5, 0.6) is 0 Å². The number of carbonyl (C=O) groups is 2. The molecule has 0 heterocycles. The predicted molar refractivity (Wildman–Crippen MR) is 61.1 cm³/mol. The highest BCUT2D eigenvalue weighted by Crippen LogP contribution is 2.22. The van der Waals surface area contributed by atoms with E-state index in [9.17, 15) is 9.59 Å². The summed E-state index contributed by atoms with van der Waals surface area (Å²) in [6, 6.07) is 9.50. The molecule has 0 aliphatic rings. The third-order valence-electron chi connectivity index (χ3n) is 2.56. The molecule has 1 aromatic carbocycles. The van der Waals surface area contributed by atoms with Gasteiger partial charge in [0.05, 0.1) is 7.11 Å². The topological polar surface area (TPSA) is 43.4 Å². The first-order valence-electron chi connectivity index (χ1n) is 5.27. The molecule has 16 heavy (non-hydrogen) atoms. The molecule has 0 amide bonds. The molecule has 1 atom stereocenters. The summed E-state index contributed by atoms with van der Waals surface area (Å²) in [5, 5.41) is 0. The van der Waals surface area contributed by atoms with Gasteiger partial charge in [-0.1, -0.05) is 30.3 Å². The van der Waals surface area contributed by atoms with Gasteiger partial charge in [-0.15, -0.1) is 0 Å². The van der Waals surface area contributed by atoms with Gasteiger partial charge in [0, 0.05) is 12.3 Å². The van der Waals surface area contributed by atoms with Crippen LogP contribution in [0.1, 0.15) is 31.2 Å². The summed E-state index contributed by atoms with van der Waals surface area (Å²) < 4.78 is 4.57. The number of ether oxygens (including phenoxy) is 1. The first kappa shape index (κ1) is 12.4. The van der Waals surface area contributed by atoms with Crippen LogP contribution in [0.3, 0.4) is 0 Å². The second-order valence-electron chi connectivity index (χ2n) is 3.69. The average molecular weight is 220 g/mol. The minimum atomic E-state index is -0.276. The molecule has 0 saturated carbocycles. The Balaban J connectivity index is 2.69. The number of carbonyl (C=O) groups excluding carboxylic acids is 2. The summed E-state index contributed by atoms with van der Waals surface area (Å²) in [5.74, 6) is -0.405. The van der Waals surface area contributed by atoms with Gasteiger partial charge in [-0.2, -0.15) is 0 Å². The largest absolute Gasteiger partial charge is 0.469 e. The van der Waals surface area contributed by atoms with Crippen molar-refractivity contribution in [1.82, 2.24) is 0 Å². The van der Waals surface area contributed by atoms with Crippen molar-refractivity contribution in [2.45, 2.75) is 25.7 Å². The van der Waals surface area contributed by atoms with Crippen LogP contribution >= 0.6 is 0 Å². The Bertz CT molecular complexity index is 357. The number of ketones is 1. The Morgan fingerprint density at radius 3 is 2.38 bits per heavy atom. The minimum absolute atomic E-state index is 0.0788. The van der Waals surface area contributed by atoms with Crippen LogP contribution < -0.4 is 0 Å². The zero-order valence-corrected chi connectivity index (χ0v) is 9.60. The Hall–Kier alpha value is -1.64. The van der Waals surface area contributed by atoms with Crippen LogP contribution in [0.15, 0.2) is 30.3 Å². The summed E-state index contributed by atoms with van der Waals surface area (Å²) in [5.41, 5.74) is 0.957. The molecule has 0 fully saturated rings. The van der Waals surface area contributed by atoms with Crippen molar-refractivity contribution >= 4 is 11.8 Å². The van der Waals surface area contributed by atoms with Gasteiger partial charge in [-0.3, -0.25) is 9.59 Å². The number of esters is 1. The van der Waals surface area contributed by atoms with E-state index in [0.29, 0.717) is 6.42 Å². The zero-order chi connectivity index (χ0) is 12.0. The monoisotopic (exact) mass is 220 g/mol. The van der Waals surface area contributed by atoms with E-state index in [2.05, 4.69) is 4.74 Å². The predicted octanol–water partition coefficient (Wildman–Crippen LogP) is 2.31. The minimum Gasteiger partial charge on any atom is -0.469 e. The maximum Gasteiger partial charge on any atom is 0.305 e. The molecule has 0 saturated heterocycles. The molecule has 1 unspecified atom stereocenters. The van der Waals surface area contributed by atoms with Gasteiger partial charge in [0.15, 0.2) is 0 Å². The van der Waals surface area contributed by atoms with E-state index in [1.807, 2.05) is 30.3 Å². The average Bonchev–Trinajstić information content (AvgIpc) is 2.30. The summed E-state index contributed by atoms with van der Waals surface area (Å²) >= 11 is 0. The van der Waals surface area contributed by atoms with Crippen molar-refractivity contribution in [3.8, 4) is 0 Å². The van der Waals surface area contributed by atoms with E-state index in [0.717, 1.165) is 5.56 Å². The summed E-state index contributed by atoms with van der Waals surface area (Å²) in [7, 11) is 1.35. The quantitative estimate of drug-likeness (QED) is 0.715. The normalized spacial score (nSPS) is 11.9. The fourth-order valence-corrected chi connectivity index (χ4v) is 1.65. The number of Topliss-reactive ketones (excluding diaryl/α,β-unsaturated/α-hetero) is 1. The summed E-state index contributed by atoms with van der Waals surface area (Å²) in [6.07, 6.45) is 0.779. The molecule has 0 aliphatic heterocycles. The molecule has 0 aliphatic carbocycles. The van der Waals surface area contributed by atoms with Gasteiger partial charge < -0.3 is 4.74 Å². The van der Waals surface area contributed by atoms with Crippen LogP contribution in [0.25, 0.3) is 0 Å². The lowest BCUT2D eigenvalue weighted by Gasteiger charge is -2.13. The zero-order valence-electron chi connectivity index (χ0n) is 9.60. The van der Waals surface area contributed by atoms with Gasteiger partial charge in [-0.25, -0.2) is 0 Å². The highest BCUT2D eigenvalue weighted by atomic mass is 16.5. The Morgan fingerprint density at radius 2 is 1.88 bits per heavy atom. The van der Waals surface area contributed by atoms with Crippen LogP contribution in [0.4, 0.5) is 0 Å². The molecule has 0 N–H and O–H groups in total. The molecular formula is C13H16O3. The molecule has 1 aromatic rings. The van der Waals surface area contributed by atoms with Crippen LogP contribution in [0, 0.1) is 0 Å². The molecule has 86 valence electrons. The van der Waals surface area contributed by atoms with Crippen molar-refractivity contribution in [3.05, 3.63) is 35.9 Å². The van der Waals surface area contributed by atoms with Crippen molar-refractivity contribution < 1.29 is 14.3 Å². The highest BCUT2D eigenvalue weighted by Gasteiger charge is 2.17. The summed E-state index contributed by atoms with van der Waals surface area (Å²) in [6.45, 7) is 1.55. The van der Waals surface area contributed by atoms with Crippen LogP contribution in [-0.4, -0.2) is 18.9 Å². The Labute approximate surface area is 95.4 Å². The number of methoxy groups -OCH3 is 1. The number of benzene rings is 1. The van der Waals surface area contributed by atoms with Crippen molar-refractivity contribution in [1.29, 1.82) is 0 Å². The maximum atomic E-state index is 11.5. The molecule has 0 spiro atoms. The van der Waals surface area contributed by atoms with Crippen LogP contribution in [0.2, 0.25) is 0 Å². The maximum absolute atomic E-state index is 11.5. The molecule has 0 bridgehead atoms. The number of rotatable bonds is 5. The second-order valence-corrected chi connectivity index (χ2v) is 3.69. The van der Waals surface area contributed by atoms with Gasteiger partial charge in [-0.05, 0) is 18.9 Å². The SMILES string of the molecule is COC(=O)CCC(C(C)=O)c1ccccc1.